The molecule has 1 heterocycles. The molecule has 0 amide bonds. The summed E-state index contributed by atoms with van der Waals surface area (Å²) in [5.41, 5.74) is 0.794. The second-order valence-electron chi connectivity index (χ2n) is 4.84. The molecule has 18 heavy (non-hydrogen) atoms. The lowest BCUT2D eigenvalue weighted by Crippen LogP contribution is -2.29. The maximum absolute atomic E-state index is 10.1. The Morgan fingerprint density at radius 3 is 3.00 bits per heavy atom. The van der Waals surface area contributed by atoms with Crippen molar-refractivity contribution in [1.29, 1.82) is 0 Å². The van der Waals surface area contributed by atoms with Gasteiger partial charge in [-0.25, -0.2) is 0 Å². The number of nitrogens with one attached hydrogen (secondary N) is 1. The van der Waals surface area contributed by atoms with Crippen LogP contribution in [0.25, 0.3) is 0 Å². The summed E-state index contributed by atoms with van der Waals surface area (Å²) >= 11 is 0. The van der Waals surface area contributed by atoms with Crippen LogP contribution in [0.5, 0.6) is 5.75 Å². The van der Waals surface area contributed by atoms with Gasteiger partial charge in [0.2, 0.25) is 0 Å². The Morgan fingerprint density at radius 2 is 2.17 bits per heavy atom. The summed E-state index contributed by atoms with van der Waals surface area (Å²) in [5, 5.41) is 22.8. The van der Waals surface area contributed by atoms with Crippen LogP contribution in [0.2, 0.25) is 0 Å². The Morgan fingerprint density at radius 1 is 1.28 bits per heavy atom. The molecular weight excluding hydrogens is 228 g/mol. The Labute approximate surface area is 108 Å². The molecule has 1 saturated heterocycles. The van der Waals surface area contributed by atoms with Crippen molar-refractivity contribution >= 4 is 0 Å². The predicted molar refractivity (Wildman–Crippen MR) is 71.6 cm³/mol. The lowest BCUT2D eigenvalue weighted by molar-refractivity contribution is 0.143. The lowest BCUT2D eigenvalue weighted by atomic mass is 10.1. The van der Waals surface area contributed by atoms with Gasteiger partial charge in [0.1, 0.15) is 5.75 Å². The SMILES string of the molecule is Oc1cccc(C(O)CCN2CCCNCC2)c1. The van der Waals surface area contributed by atoms with E-state index in [0.29, 0.717) is 6.42 Å². The largest absolute Gasteiger partial charge is 0.508 e. The van der Waals surface area contributed by atoms with E-state index in [0.717, 1.165) is 38.3 Å². The van der Waals surface area contributed by atoms with E-state index < -0.39 is 6.10 Å². The van der Waals surface area contributed by atoms with Gasteiger partial charge in [0, 0.05) is 19.6 Å². The second kappa shape index (κ2) is 6.73. The molecule has 1 aromatic rings. The zero-order valence-electron chi connectivity index (χ0n) is 10.7. The van der Waals surface area contributed by atoms with Crippen LogP contribution < -0.4 is 5.32 Å². The minimum atomic E-state index is -0.492. The van der Waals surface area contributed by atoms with Crippen LogP contribution in [0.15, 0.2) is 24.3 Å². The summed E-state index contributed by atoms with van der Waals surface area (Å²) in [6, 6.07) is 6.88. The molecule has 1 fully saturated rings. The number of benzene rings is 1. The Kier molecular flexibility index (Phi) is 4.99. The van der Waals surface area contributed by atoms with E-state index in [-0.39, 0.29) is 5.75 Å². The topological polar surface area (TPSA) is 55.7 Å². The number of aromatic hydroxyl groups is 1. The average molecular weight is 250 g/mol. The molecule has 1 atom stereocenters. The third-order valence-corrected chi connectivity index (χ3v) is 3.41. The number of phenols is 1. The maximum atomic E-state index is 10.1. The molecule has 1 aliphatic rings. The van der Waals surface area contributed by atoms with Crippen LogP contribution in [0, 0.1) is 0 Å². The first-order chi connectivity index (χ1) is 8.75. The molecule has 0 bridgehead atoms. The zero-order chi connectivity index (χ0) is 12.8. The zero-order valence-corrected chi connectivity index (χ0v) is 10.7. The van der Waals surface area contributed by atoms with Gasteiger partial charge in [0.25, 0.3) is 0 Å². The highest BCUT2D eigenvalue weighted by molar-refractivity contribution is 5.28. The predicted octanol–water partition coefficient (Wildman–Crippen LogP) is 1.11. The van der Waals surface area contributed by atoms with E-state index in [2.05, 4.69) is 10.2 Å². The van der Waals surface area contributed by atoms with Crippen LogP contribution in [-0.2, 0) is 0 Å². The van der Waals surface area contributed by atoms with Gasteiger partial charge in [-0.3, -0.25) is 0 Å². The molecule has 1 unspecified atom stereocenters. The van der Waals surface area contributed by atoms with Crippen LogP contribution >= 0.6 is 0 Å². The Balaban J connectivity index is 1.82. The molecule has 4 nitrogen and oxygen atoms in total. The van der Waals surface area contributed by atoms with Gasteiger partial charge >= 0.3 is 0 Å². The average Bonchev–Trinajstić information content (AvgIpc) is 2.64. The monoisotopic (exact) mass is 250 g/mol. The molecule has 3 N–H and O–H groups in total. The second-order valence-corrected chi connectivity index (χ2v) is 4.84. The minimum Gasteiger partial charge on any atom is -0.508 e. The number of nitrogens with zero attached hydrogens (tertiary/aromatic N) is 1. The fourth-order valence-corrected chi connectivity index (χ4v) is 2.33. The molecule has 0 aliphatic carbocycles. The Hall–Kier alpha value is -1.10. The van der Waals surface area contributed by atoms with Gasteiger partial charge in [0.15, 0.2) is 0 Å². The van der Waals surface area contributed by atoms with Gasteiger partial charge in [-0.05, 0) is 43.6 Å². The molecule has 0 spiro atoms. The molecule has 1 aliphatic heterocycles. The number of phenolic OH excluding ortho intramolecular Hbond substituents is 1. The van der Waals surface area contributed by atoms with Crippen molar-refractivity contribution in [3.8, 4) is 5.75 Å². The van der Waals surface area contributed by atoms with Gasteiger partial charge in [-0.2, -0.15) is 0 Å². The van der Waals surface area contributed by atoms with Gasteiger partial charge < -0.3 is 20.4 Å². The smallest absolute Gasteiger partial charge is 0.115 e. The number of aliphatic hydroxyl groups is 1. The van der Waals surface area contributed by atoms with Crippen LogP contribution in [0.3, 0.4) is 0 Å². The summed E-state index contributed by atoms with van der Waals surface area (Å²) in [4.78, 5) is 2.38. The quantitative estimate of drug-likeness (QED) is 0.749. The van der Waals surface area contributed by atoms with E-state index in [9.17, 15) is 10.2 Å². The van der Waals surface area contributed by atoms with Crippen LogP contribution in [0.1, 0.15) is 24.5 Å². The van der Waals surface area contributed by atoms with E-state index in [1.807, 2.05) is 6.07 Å². The maximum Gasteiger partial charge on any atom is 0.115 e. The fourth-order valence-electron chi connectivity index (χ4n) is 2.33. The summed E-state index contributed by atoms with van der Waals surface area (Å²) in [5.74, 6) is 0.213. The fraction of sp³-hybridized carbons (Fsp3) is 0.571. The first-order valence-electron chi connectivity index (χ1n) is 6.66. The number of rotatable bonds is 4. The first kappa shape index (κ1) is 13.3. The molecule has 4 heteroatoms. The molecule has 0 aromatic heterocycles. The molecule has 0 saturated carbocycles. The summed E-state index contributed by atoms with van der Waals surface area (Å²) in [7, 11) is 0. The third kappa shape index (κ3) is 3.98. The third-order valence-electron chi connectivity index (χ3n) is 3.41. The Bertz CT molecular complexity index is 363. The standard InChI is InChI=1S/C14H22N2O2/c17-13-4-1-3-12(11-13)14(18)5-9-16-8-2-6-15-7-10-16/h1,3-4,11,14-15,17-18H,2,5-10H2. The van der Waals surface area contributed by atoms with Crippen molar-refractivity contribution in [2.75, 3.05) is 32.7 Å². The highest BCUT2D eigenvalue weighted by Crippen LogP contribution is 2.21. The highest BCUT2D eigenvalue weighted by atomic mass is 16.3. The molecule has 1 aromatic carbocycles. The molecular formula is C14H22N2O2. The lowest BCUT2D eigenvalue weighted by Gasteiger charge is -2.21. The minimum absolute atomic E-state index is 0.213. The van der Waals surface area contributed by atoms with E-state index in [1.165, 1.54) is 6.42 Å². The van der Waals surface area contributed by atoms with Gasteiger partial charge in [-0.15, -0.1) is 0 Å². The molecule has 2 rings (SSSR count). The van der Waals surface area contributed by atoms with Crippen molar-refractivity contribution in [2.45, 2.75) is 18.9 Å². The van der Waals surface area contributed by atoms with Crippen molar-refractivity contribution < 1.29 is 10.2 Å². The van der Waals surface area contributed by atoms with Crippen LogP contribution in [0.4, 0.5) is 0 Å². The van der Waals surface area contributed by atoms with E-state index in [1.54, 1.807) is 18.2 Å². The van der Waals surface area contributed by atoms with E-state index >= 15 is 0 Å². The van der Waals surface area contributed by atoms with Crippen LogP contribution in [-0.4, -0.2) is 47.8 Å². The number of hydrogen-bond acceptors (Lipinski definition) is 4. The van der Waals surface area contributed by atoms with Gasteiger partial charge in [0.05, 0.1) is 6.10 Å². The molecule has 100 valence electrons. The van der Waals surface area contributed by atoms with Crippen molar-refractivity contribution in [3.63, 3.8) is 0 Å². The van der Waals surface area contributed by atoms with Crippen molar-refractivity contribution in [2.24, 2.45) is 0 Å². The van der Waals surface area contributed by atoms with Crippen molar-refractivity contribution in [3.05, 3.63) is 29.8 Å². The number of hydrogen-bond donors (Lipinski definition) is 3. The normalized spacial score (nSPS) is 19.4. The molecule has 0 radical (unpaired) electrons. The van der Waals surface area contributed by atoms with Crippen molar-refractivity contribution in [1.82, 2.24) is 10.2 Å². The summed E-state index contributed by atoms with van der Waals surface area (Å²) in [6.45, 7) is 5.17. The first-order valence-corrected chi connectivity index (χ1v) is 6.66. The summed E-state index contributed by atoms with van der Waals surface area (Å²) in [6.07, 6.45) is 1.39. The van der Waals surface area contributed by atoms with Gasteiger partial charge in [-0.1, -0.05) is 12.1 Å². The summed E-state index contributed by atoms with van der Waals surface area (Å²) < 4.78 is 0. The van der Waals surface area contributed by atoms with E-state index in [4.69, 9.17) is 0 Å². The number of aliphatic hydroxyl groups excluding tert-OH is 1. The highest BCUT2D eigenvalue weighted by Gasteiger charge is 2.12.